The summed E-state index contributed by atoms with van der Waals surface area (Å²) in [6, 6.07) is 10.6. The van der Waals surface area contributed by atoms with Gasteiger partial charge in [-0.2, -0.15) is 0 Å². The zero-order valence-electron chi connectivity index (χ0n) is 12.8. The van der Waals surface area contributed by atoms with Gasteiger partial charge in [-0.3, -0.25) is 19.3 Å². The normalized spacial score (nSPS) is 14.1. The number of thioether (sulfide) groups is 1. The van der Waals surface area contributed by atoms with E-state index in [1.807, 2.05) is 0 Å². The van der Waals surface area contributed by atoms with Gasteiger partial charge in [0.05, 0.1) is 18.0 Å². The molecule has 1 aliphatic heterocycles. The van der Waals surface area contributed by atoms with Gasteiger partial charge in [0, 0.05) is 10.0 Å². The fraction of sp³-hybridized carbons (Fsp3) is 0.118. The summed E-state index contributed by atoms with van der Waals surface area (Å²) in [5.74, 6) is -0.871. The summed E-state index contributed by atoms with van der Waals surface area (Å²) in [5.41, 5.74) is 1.49. The molecule has 0 saturated carbocycles. The quantitative estimate of drug-likeness (QED) is 0.807. The number of amides is 3. The molecule has 1 fully saturated rings. The first-order chi connectivity index (χ1) is 11.9. The Hall–Kier alpha value is -2.19. The third-order valence-electron chi connectivity index (χ3n) is 3.55. The number of nitrogens with zero attached hydrogens (tertiary/aromatic N) is 1. The molecule has 5 nitrogen and oxygen atoms in total. The fourth-order valence-electron chi connectivity index (χ4n) is 2.31. The molecular formula is C17H12BrFN2O3S. The van der Waals surface area contributed by atoms with Crippen molar-refractivity contribution in [1.82, 2.24) is 4.90 Å². The van der Waals surface area contributed by atoms with Gasteiger partial charge in [-0.15, -0.1) is 0 Å². The van der Waals surface area contributed by atoms with E-state index in [0.29, 0.717) is 21.3 Å². The molecule has 2 aromatic carbocycles. The minimum Gasteiger partial charge on any atom is -0.321 e. The van der Waals surface area contributed by atoms with Gasteiger partial charge in [-0.1, -0.05) is 23.9 Å². The van der Waals surface area contributed by atoms with Gasteiger partial charge >= 0.3 is 0 Å². The predicted octanol–water partition coefficient (Wildman–Crippen LogP) is 4.04. The van der Waals surface area contributed by atoms with E-state index in [-0.39, 0.29) is 29.4 Å². The van der Waals surface area contributed by atoms with Crippen molar-refractivity contribution in [2.24, 2.45) is 0 Å². The molecule has 1 heterocycles. The number of halogens is 2. The minimum atomic E-state index is -0.412. The van der Waals surface area contributed by atoms with Gasteiger partial charge in [0.1, 0.15) is 5.82 Å². The maximum Gasteiger partial charge on any atom is 0.289 e. The topological polar surface area (TPSA) is 66.5 Å². The molecule has 2 aromatic rings. The van der Waals surface area contributed by atoms with Crippen molar-refractivity contribution in [3.05, 3.63) is 63.9 Å². The summed E-state index contributed by atoms with van der Waals surface area (Å²) in [4.78, 5) is 36.9. The standard InChI is InChI=1S/C17H12BrFN2O3S/c18-13-7-12(19)4-5-14(13)20-16(23)11-3-1-2-10(6-11)8-21-15(22)9-25-17(21)24/h1-7H,8-9H2,(H,20,23). The third kappa shape index (κ3) is 4.08. The Morgan fingerprint density at radius 1 is 1.24 bits per heavy atom. The Labute approximate surface area is 155 Å². The Morgan fingerprint density at radius 3 is 2.72 bits per heavy atom. The molecule has 0 aromatic heterocycles. The highest BCUT2D eigenvalue weighted by atomic mass is 79.9. The average Bonchev–Trinajstić information content (AvgIpc) is 2.89. The van der Waals surface area contributed by atoms with Crippen molar-refractivity contribution in [3.8, 4) is 0 Å². The number of carbonyl (C=O) groups is 3. The van der Waals surface area contributed by atoms with E-state index in [1.165, 1.54) is 18.2 Å². The van der Waals surface area contributed by atoms with Crippen LogP contribution in [0, 0.1) is 5.82 Å². The Balaban J connectivity index is 1.75. The molecule has 1 saturated heterocycles. The van der Waals surface area contributed by atoms with E-state index in [2.05, 4.69) is 21.2 Å². The lowest BCUT2D eigenvalue weighted by atomic mass is 10.1. The highest BCUT2D eigenvalue weighted by molar-refractivity contribution is 9.10. The molecule has 1 aliphatic rings. The molecule has 0 radical (unpaired) electrons. The Kier molecular flexibility index (Phi) is 5.19. The molecule has 3 amide bonds. The molecule has 0 spiro atoms. The van der Waals surface area contributed by atoms with Crippen LogP contribution in [0.2, 0.25) is 0 Å². The van der Waals surface area contributed by atoms with Gasteiger partial charge in [0.2, 0.25) is 5.91 Å². The van der Waals surface area contributed by atoms with Gasteiger partial charge in [0.25, 0.3) is 11.1 Å². The second-order valence-electron chi connectivity index (χ2n) is 5.31. The monoisotopic (exact) mass is 422 g/mol. The first-order valence-corrected chi connectivity index (χ1v) is 9.04. The van der Waals surface area contributed by atoms with E-state index in [1.54, 1.807) is 24.3 Å². The lowest BCUT2D eigenvalue weighted by Crippen LogP contribution is -2.28. The Bertz CT molecular complexity index is 859. The number of rotatable bonds is 4. The van der Waals surface area contributed by atoms with Crippen LogP contribution in [-0.4, -0.2) is 27.7 Å². The molecule has 3 rings (SSSR count). The Morgan fingerprint density at radius 2 is 2.04 bits per heavy atom. The second-order valence-corrected chi connectivity index (χ2v) is 7.09. The van der Waals surface area contributed by atoms with E-state index in [4.69, 9.17) is 0 Å². The molecule has 8 heteroatoms. The summed E-state index contributed by atoms with van der Waals surface area (Å²) in [7, 11) is 0. The SMILES string of the molecule is O=C(Nc1ccc(F)cc1Br)c1cccc(CN2C(=O)CSC2=O)c1. The van der Waals surface area contributed by atoms with Crippen LogP contribution < -0.4 is 5.32 Å². The first kappa shape index (κ1) is 17.6. The van der Waals surface area contributed by atoms with E-state index < -0.39 is 5.82 Å². The number of imide groups is 1. The number of hydrogen-bond donors (Lipinski definition) is 1. The zero-order valence-corrected chi connectivity index (χ0v) is 15.2. The lowest BCUT2D eigenvalue weighted by Gasteiger charge is -2.13. The lowest BCUT2D eigenvalue weighted by molar-refractivity contribution is -0.125. The summed E-state index contributed by atoms with van der Waals surface area (Å²) in [6.45, 7) is 0.131. The van der Waals surface area contributed by atoms with E-state index in [0.717, 1.165) is 16.7 Å². The largest absolute Gasteiger partial charge is 0.321 e. The first-order valence-electron chi connectivity index (χ1n) is 7.26. The zero-order chi connectivity index (χ0) is 18.0. The van der Waals surface area contributed by atoms with Crippen LogP contribution in [-0.2, 0) is 11.3 Å². The minimum absolute atomic E-state index is 0.131. The highest BCUT2D eigenvalue weighted by Crippen LogP contribution is 2.24. The highest BCUT2D eigenvalue weighted by Gasteiger charge is 2.29. The maximum atomic E-state index is 13.1. The molecule has 0 unspecified atom stereocenters. The van der Waals surface area contributed by atoms with Crippen LogP contribution in [0.25, 0.3) is 0 Å². The number of carbonyl (C=O) groups excluding carboxylic acids is 3. The van der Waals surface area contributed by atoms with Crippen LogP contribution in [0.4, 0.5) is 14.9 Å². The van der Waals surface area contributed by atoms with Gasteiger partial charge in [-0.05, 0) is 51.8 Å². The average molecular weight is 423 g/mol. The van der Waals surface area contributed by atoms with Gasteiger partial charge in [0.15, 0.2) is 0 Å². The summed E-state index contributed by atoms with van der Waals surface area (Å²) in [6.07, 6.45) is 0. The van der Waals surface area contributed by atoms with Crippen LogP contribution in [0.3, 0.4) is 0 Å². The van der Waals surface area contributed by atoms with Crippen molar-refractivity contribution >= 4 is 50.4 Å². The van der Waals surface area contributed by atoms with Gasteiger partial charge in [-0.25, -0.2) is 4.39 Å². The molecule has 0 bridgehead atoms. The summed E-state index contributed by atoms with van der Waals surface area (Å²) >= 11 is 4.17. The summed E-state index contributed by atoms with van der Waals surface area (Å²) < 4.78 is 13.5. The van der Waals surface area contributed by atoms with E-state index in [9.17, 15) is 18.8 Å². The predicted molar refractivity (Wildman–Crippen MR) is 96.9 cm³/mol. The fourth-order valence-corrected chi connectivity index (χ4v) is 3.49. The van der Waals surface area contributed by atoms with Crippen molar-refractivity contribution in [2.45, 2.75) is 6.54 Å². The number of anilines is 1. The molecule has 1 N–H and O–H groups in total. The molecule has 0 atom stereocenters. The van der Waals surface area contributed by atoms with Crippen molar-refractivity contribution in [1.29, 1.82) is 0 Å². The van der Waals surface area contributed by atoms with Crippen LogP contribution in [0.1, 0.15) is 15.9 Å². The molecule has 0 aliphatic carbocycles. The number of hydrogen-bond acceptors (Lipinski definition) is 4. The van der Waals surface area contributed by atoms with Crippen LogP contribution >= 0.6 is 27.7 Å². The maximum absolute atomic E-state index is 13.1. The van der Waals surface area contributed by atoms with Crippen molar-refractivity contribution < 1.29 is 18.8 Å². The number of nitrogens with one attached hydrogen (secondary N) is 1. The van der Waals surface area contributed by atoms with Crippen molar-refractivity contribution in [2.75, 3.05) is 11.1 Å². The number of benzene rings is 2. The molecule has 128 valence electrons. The molecule has 25 heavy (non-hydrogen) atoms. The van der Waals surface area contributed by atoms with Crippen molar-refractivity contribution in [3.63, 3.8) is 0 Å². The van der Waals surface area contributed by atoms with Gasteiger partial charge < -0.3 is 5.32 Å². The molecular weight excluding hydrogens is 411 g/mol. The smallest absolute Gasteiger partial charge is 0.289 e. The second kappa shape index (κ2) is 7.37. The van der Waals surface area contributed by atoms with Crippen LogP contribution in [0.5, 0.6) is 0 Å². The van der Waals surface area contributed by atoms with E-state index >= 15 is 0 Å². The summed E-state index contributed by atoms with van der Waals surface area (Å²) in [5, 5.41) is 2.41. The third-order valence-corrected chi connectivity index (χ3v) is 5.06. The van der Waals surface area contributed by atoms with Crippen LogP contribution in [0.15, 0.2) is 46.9 Å².